The number of Topliss-reactive ketones (excluding diaryl/α,β-unsaturated/α-hetero) is 1. The number of ketones is 1. The molecule has 1 aromatic heterocycles. The van der Waals surface area contributed by atoms with Crippen molar-refractivity contribution < 1.29 is 27.9 Å². The first kappa shape index (κ1) is 23.4. The van der Waals surface area contributed by atoms with Crippen LogP contribution in [0.1, 0.15) is 44.9 Å². The Morgan fingerprint density at radius 3 is 2.50 bits per heavy atom. The van der Waals surface area contributed by atoms with Gasteiger partial charge in [-0.05, 0) is 43.3 Å². The fraction of sp³-hybridized carbons (Fsp3) is 0.227. The van der Waals surface area contributed by atoms with Crippen molar-refractivity contribution in [3.05, 3.63) is 77.1 Å². The van der Waals surface area contributed by atoms with Crippen LogP contribution in [0.4, 0.5) is 18.9 Å². The van der Waals surface area contributed by atoms with Crippen LogP contribution in [0.3, 0.4) is 0 Å². The molecule has 0 unspecified atom stereocenters. The van der Waals surface area contributed by atoms with Crippen LogP contribution in [0.5, 0.6) is 5.75 Å². The first-order valence-corrected chi connectivity index (χ1v) is 9.53. The van der Waals surface area contributed by atoms with Crippen molar-refractivity contribution in [1.29, 1.82) is 0 Å². The van der Waals surface area contributed by atoms with Gasteiger partial charge in [-0.3, -0.25) is 14.3 Å². The number of nitrogens with zero attached hydrogens (tertiary/aromatic N) is 3. The first-order valence-electron chi connectivity index (χ1n) is 9.53. The quantitative estimate of drug-likeness (QED) is 0.583. The maximum Gasteiger partial charge on any atom is 0.416 e. The average Bonchev–Trinajstić information content (AvgIpc) is 3.14. The molecule has 0 bridgehead atoms. The smallest absolute Gasteiger partial charge is 0.416 e. The third-order valence-corrected chi connectivity index (χ3v) is 5.21. The number of amides is 1. The third kappa shape index (κ3) is 4.36. The van der Waals surface area contributed by atoms with Gasteiger partial charge in [0, 0.05) is 29.8 Å². The van der Waals surface area contributed by atoms with Gasteiger partial charge in [0.25, 0.3) is 5.91 Å². The van der Waals surface area contributed by atoms with E-state index >= 15 is 0 Å². The van der Waals surface area contributed by atoms with E-state index in [2.05, 4.69) is 5.10 Å². The normalized spacial score (nSPS) is 15.8. The second kappa shape index (κ2) is 8.70. The Kier molecular flexibility index (Phi) is 6.36. The van der Waals surface area contributed by atoms with Gasteiger partial charge >= 0.3 is 6.18 Å². The van der Waals surface area contributed by atoms with Gasteiger partial charge in [-0.2, -0.15) is 31.8 Å². The number of fused-ring (bicyclic) bond motifs is 1. The van der Waals surface area contributed by atoms with E-state index in [0.29, 0.717) is 16.8 Å². The van der Waals surface area contributed by atoms with E-state index in [1.165, 1.54) is 40.0 Å². The molecule has 0 fully saturated rings. The van der Waals surface area contributed by atoms with Gasteiger partial charge in [0.1, 0.15) is 11.4 Å². The Bertz CT molecular complexity index is 1160. The van der Waals surface area contributed by atoms with E-state index < -0.39 is 17.6 Å². The second-order valence-electron chi connectivity index (χ2n) is 7.42. The van der Waals surface area contributed by atoms with Crippen molar-refractivity contribution >= 4 is 30.9 Å². The summed E-state index contributed by atoms with van der Waals surface area (Å²) in [7, 11) is 0. The summed E-state index contributed by atoms with van der Waals surface area (Å²) in [5.41, 5.74) is 0.489. The molecule has 1 amide bonds. The van der Waals surface area contributed by atoms with Crippen LogP contribution < -0.4 is 4.90 Å². The minimum atomic E-state index is -4.46. The lowest BCUT2D eigenvalue weighted by atomic mass is 10.0. The number of benzene rings is 2. The summed E-state index contributed by atoms with van der Waals surface area (Å²) in [6.45, 7) is 2.07. The van der Waals surface area contributed by atoms with Gasteiger partial charge in [0.05, 0.1) is 17.8 Å². The molecule has 1 aliphatic heterocycles. The van der Waals surface area contributed by atoms with Gasteiger partial charge in [-0.1, -0.05) is 12.1 Å². The van der Waals surface area contributed by atoms with Crippen LogP contribution >= 0.6 is 13.5 Å². The van der Waals surface area contributed by atoms with E-state index in [0.717, 1.165) is 12.1 Å². The summed E-state index contributed by atoms with van der Waals surface area (Å²) in [5.74, 6) is -0.770. The number of aromatic hydroxyl groups is 1. The Hall–Kier alpha value is -3.27. The highest BCUT2D eigenvalue weighted by atomic mass is 32.1. The summed E-state index contributed by atoms with van der Waals surface area (Å²) in [6.07, 6.45) is -3.10. The fourth-order valence-electron chi connectivity index (χ4n) is 3.66. The van der Waals surface area contributed by atoms with Crippen LogP contribution in [-0.2, 0) is 12.6 Å². The SMILES string of the molecule is C[C@H]1CN(c2ccc(C(F)(F)F)cc2)C(=O)c2c(CC(=O)c3cccc(O)c3)cnn21.S. The number of anilines is 1. The number of aromatic nitrogens is 2. The van der Waals surface area contributed by atoms with E-state index in [9.17, 15) is 27.9 Å². The summed E-state index contributed by atoms with van der Waals surface area (Å²) in [4.78, 5) is 27.2. The van der Waals surface area contributed by atoms with Crippen molar-refractivity contribution in [2.45, 2.75) is 25.6 Å². The second-order valence-corrected chi connectivity index (χ2v) is 7.42. The molecule has 0 aliphatic carbocycles. The van der Waals surface area contributed by atoms with Crippen LogP contribution in [-0.4, -0.2) is 33.1 Å². The molecule has 0 radical (unpaired) electrons. The Morgan fingerprint density at radius 2 is 1.88 bits per heavy atom. The number of hydrogen-bond acceptors (Lipinski definition) is 4. The van der Waals surface area contributed by atoms with Crippen molar-refractivity contribution in [3.63, 3.8) is 0 Å². The number of phenolic OH excluding ortho intramolecular Hbond substituents is 1. The summed E-state index contributed by atoms with van der Waals surface area (Å²) in [6, 6.07) is 10.1. The highest BCUT2D eigenvalue weighted by molar-refractivity contribution is 7.59. The molecule has 32 heavy (non-hydrogen) atoms. The molecule has 168 valence electrons. The van der Waals surface area contributed by atoms with E-state index in [1.54, 1.807) is 12.1 Å². The molecule has 10 heteroatoms. The van der Waals surface area contributed by atoms with Crippen molar-refractivity contribution in [2.75, 3.05) is 11.4 Å². The molecule has 2 aromatic carbocycles. The van der Waals surface area contributed by atoms with E-state index in [-0.39, 0.29) is 49.7 Å². The number of carbonyl (C=O) groups is 2. The summed E-state index contributed by atoms with van der Waals surface area (Å²) in [5, 5.41) is 13.8. The minimum Gasteiger partial charge on any atom is -0.508 e. The molecule has 1 atom stereocenters. The van der Waals surface area contributed by atoms with Crippen LogP contribution in [0.2, 0.25) is 0 Å². The zero-order chi connectivity index (χ0) is 22.3. The minimum absolute atomic E-state index is 0. The maximum atomic E-state index is 13.2. The first-order chi connectivity index (χ1) is 14.6. The third-order valence-electron chi connectivity index (χ3n) is 5.21. The molecule has 2 heterocycles. The number of phenols is 1. The van der Waals surface area contributed by atoms with E-state index in [4.69, 9.17) is 0 Å². The highest BCUT2D eigenvalue weighted by Crippen LogP contribution is 2.33. The van der Waals surface area contributed by atoms with Crippen molar-refractivity contribution in [1.82, 2.24) is 9.78 Å². The van der Waals surface area contributed by atoms with Crippen molar-refractivity contribution in [3.8, 4) is 5.75 Å². The molecule has 0 spiro atoms. The van der Waals surface area contributed by atoms with Gasteiger partial charge in [-0.15, -0.1) is 0 Å². The summed E-state index contributed by atoms with van der Waals surface area (Å²) < 4.78 is 40.1. The molecule has 1 N–H and O–H groups in total. The molecular weight excluding hydrogens is 443 g/mol. The number of hydrogen-bond donors (Lipinski definition) is 1. The lowest BCUT2D eigenvalue weighted by Gasteiger charge is -2.32. The average molecular weight is 463 g/mol. The molecule has 1 aliphatic rings. The predicted molar refractivity (Wildman–Crippen MR) is 117 cm³/mol. The molecule has 4 rings (SSSR count). The molecule has 0 saturated heterocycles. The predicted octanol–water partition coefficient (Wildman–Crippen LogP) is 4.37. The van der Waals surface area contributed by atoms with Gasteiger partial charge in [0.15, 0.2) is 5.78 Å². The Labute approximate surface area is 188 Å². The van der Waals surface area contributed by atoms with Crippen LogP contribution in [0.25, 0.3) is 0 Å². The largest absolute Gasteiger partial charge is 0.508 e. The molecular formula is C22H20F3N3O3S. The number of alkyl halides is 3. The van der Waals surface area contributed by atoms with Gasteiger partial charge in [0.2, 0.25) is 0 Å². The summed E-state index contributed by atoms with van der Waals surface area (Å²) >= 11 is 0. The lowest BCUT2D eigenvalue weighted by Crippen LogP contribution is -2.43. The lowest BCUT2D eigenvalue weighted by molar-refractivity contribution is -0.137. The standard InChI is InChI=1S/C22H18F3N3O3.H2S/c1-13-12-27(17-7-5-16(6-8-17)22(23,24)25)21(31)20-15(11-26-28(13)20)10-19(30)14-3-2-4-18(29)9-14;/h2-9,11,13,29H,10,12H2,1H3;1H2/t13-;/m0./s1. The fourth-order valence-corrected chi connectivity index (χ4v) is 3.66. The Balaban J connectivity index is 0.00000289. The van der Waals surface area contributed by atoms with Crippen molar-refractivity contribution in [2.24, 2.45) is 0 Å². The molecule has 6 nitrogen and oxygen atoms in total. The molecule has 3 aromatic rings. The number of carbonyl (C=O) groups excluding carboxylic acids is 2. The number of halogens is 3. The van der Waals surface area contributed by atoms with Gasteiger partial charge < -0.3 is 10.0 Å². The van der Waals surface area contributed by atoms with Crippen LogP contribution in [0, 0.1) is 0 Å². The zero-order valence-corrected chi connectivity index (χ0v) is 17.9. The molecule has 0 saturated carbocycles. The van der Waals surface area contributed by atoms with E-state index in [1.807, 2.05) is 6.92 Å². The topological polar surface area (TPSA) is 75.4 Å². The highest BCUT2D eigenvalue weighted by Gasteiger charge is 2.35. The number of rotatable bonds is 4. The Morgan fingerprint density at radius 1 is 1.19 bits per heavy atom. The maximum absolute atomic E-state index is 13.2. The van der Waals surface area contributed by atoms with Gasteiger partial charge in [-0.25, -0.2) is 0 Å². The van der Waals surface area contributed by atoms with Crippen LogP contribution in [0.15, 0.2) is 54.7 Å². The zero-order valence-electron chi connectivity index (χ0n) is 16.9. The monoisotopic (exact) mass is 463 g/mol.